The van der Waals surface area contributed by atoms with E-state index in [-0.39, 0.29) is 35.9 Å². The van der Waals surface area contributed by atoms with Crippen LogP contribution >= 0.6 is 0 Å². The summed E-state index contributed by atoms with van der Waals surface area (Å²) in [6, 6.07) is 17.4. The molecule has 31 heavy (non-hydrogen) atoms. The quantitative estimate of drug-likeness (QED) is 0.560. The number of benzene rings is 2. The van der Waals surface area contributed by atoms with Crippen molar-refractivity contribution in [2.45, 2.75) is 30.6 Å². The van der Waals surface area contributed by atoms with Gasteiger partial charge in [-0.3, -0.25) is 4.84 Å². The van der Waals surface area contributed by atoms with Crippen LogP contribution in [0, 0.1) is 0 Å². The maximum atomic E-state index is 12.7. The van der Waals surface area contributed by atoms with E-state index in [1.165, 1.54) is 9.86 Å². The number of aromatic nitrogens is 3. The summed E-state index contributed by atoms with van der Waals surface area (Å²) in [6.07, 6.45) is 0. The Morgan fingerprint density at radius 1 is 1.00 bits per heavy atom. The minimum Gasteiger partial charge on any atom is -0.314 e. The minimum absolute atomic E-state index is 0.105. The summed E-state index contributed by atoms with van der Waals surface area (Å²) < 4.78 is 25.1. The number of nitrogens with zero attached hydrogens (tertiary/aromatic N) is 5. The Morgan fingerprint density at radius 2 is 1.71 bits per heavy atom. The molecule has 3 aromatic rings. The first-order valence-electron chi connectivity index (χ1n) is 9.98. The highest BCUT2D eigenvalue weighted by Gasteiger charge is 2.46. The molecule has 0 N–H and O–H groups in total. The van der Waals surface area contributed by atoms with Crippen LogP contribution in [0.5, 0.6) is 0 Å². The van der Waals surface area contributed by atoms with E-state index < -0.39 is 9.84 Å². The van der Waals surface area contributed by atoms with Crippen LogP contribution in [-0.2, 0) is 34.4 Å². The van der Waals surface area contributed by atoms with Gasteiger partial charge in [0.1, 0.15) is 24.0 Å². The second kappa shape index (κ2) is 7.78. The SMILES string of the molecule is O=C1N2Cc3nn(CCS(=O)(=O)c4ccccc4)nc3C(C2)N1OCc1ccccc1. The molecule has 1 atom stereocenters. The largest absolute Gasteiger partial charge is 0.345 e. The predicted molar refractivity (Wildman–Crippen MR) is 110 cm³/mol. The number of carbonyl (C=O) groups is 1. The van der Waals surface area contributed by atoms with Crippen molar-refractivity contribution in [1.82, 2.24) is 25.0 Å². The number of rotatable bonds is 7. The number of aryl methyl sites for hydroxylation is 1. The van der Waals surface area contributed by atoms with Gasteiger partial charge in [-0.1, -0.05) is 48.5 Å². The van der Waals surface area contributed by atoms with Gasteiger partial charge in [-0.05, 0) is 17.7 Å². The molecule has 0 spiro atoms. The van der Waals surface area contributed by atoms with E-state index in [1.54, 1.807) is 35.2 Å². The fourth-order valence-electron chi connectivity index (χ4n) is 3.82. The summed E-state index contributed by atoms with van der Waals surface area (Å²) in [4.78, 5) is 21.8. The van der Waals surface area contributed by atoms with Gasteiger partial charge in [0, 0.05) is 0 Å². The van der Waals surface area contributed by atoms with Crippen molar-refractivity contribution < 1.29 is 18.0 Å². The lowest BCUT2D eigenvalue weighted by Gasteiger charge is -2.20. The minimum atomic E-state index is -3.43. The van der Waals surface area contributed by atoms with Crippen LogP contribution in [0.3, 0.4) is 0 Å². The van der Waals surface area contributed by atoms with Gasteiger partial charge < -0.3 is 4.90 Å². The summed E-state index contributed by atoms with van der Waals surface area (Å²) in [5.74, 6) is -0.105. The number of hydrogen-bond donors (Lipinski definition) is 0. The van der Waals surface area contributed by atoms with Crippen molar-refractivity contribution in [1.29, 1.82) is 0 Å². The van der Waals surface area contributed by atoms with Crippen molar-refractivity contribution in [3.63, 3.8) is 0 Å². The summed E-state index contributed by atoms with van der Waals surface area (Å²) in [7, 11) is -3.43. The number of fused-ring (bicyclic) bond motifs is 4. The molecule has 5 rings (SSSR count). The summed E-state index contributed by atoms with van der Waals surface area (Å²) in [5, 5.41) is 10.3. The maximum Gasteiger partial charge on any atom is 0.345 e. The molecule has 2 aromatic carbocycles. The third-order valence-corrected chi connectivity index (χ3v) is 7.13. The van der Waals surface area contributed by atoms with E-state index in [1.807, 2.05) is 30.3 Å². The molecule has 0 saturated carbocycles. The predicted octanol–water partition coefficient (Wildman–Crippen LogP) is 2.18. The highest BCUT2D eigenvalue weighted by atomic mass is 32.2. The number of hydroxylamine groups is 2. The highest BCUT2D eigenvalue weighted by Crippen LogP contribution is 2.36. The van der Waals surface area contributed by atoms with E-state index in [0.29, 0.717) is 24.5 Å². The lowest BCUT2D eigenvalue weighted by Crippen LogP contribution is -2.30. The fourth-order valence-corrected chi connectivity index (χ4v) is 5.03. The number of hydrogen-bond acceptors (Lipinski definition) is 6. The van der Waals surface area contributed by atoms with Crippen LogP contribution in [0.15, 0.2) is 65.6 Å². The zero-order valence-corrected chi connectivity index (χ0v) is 17.5. The Kier molecular flexibility index (Phi) is 4.95. The molecule has 3 heterocycles. The van der Waals surface area contributed by atoms with Gasteiger partial charge in [-0.2, -0.15) is 20.1 Å². The fraction of sp³-hybridized carbons (Fsp3) is 0.286. The van der Waals surface area contributed by atoms with Crippen LogP contribution in [0.4, 0.5) is 4.79 Å². The lowest BCUT2D eigenvalue weighted by molar-refractivity contribution is -0.142. The van der Waals surface area contributed by atoms with Crippen molar-refractivity contribution in [2.24, 2.45) is 0 Å². The molecule has 0 aliphatic carbocycles. The topological polar surface area (TPSA) is 97.6 Å². The van der Waals surface area contributed by atoms with E-state index in [4.69, 9.17) is 4.84 Å². The lowest BCUT2D eigenvalue weighted by atomic mass is 10.1. The van der Waals surface area contributed by atoms with Crippen LogP contribution in [0.25, 0.3) is 0 Å². The molecule has 160 valence electrons. The third-order valence-electron chi connectivity index (χ3n) is 5.42. The van der Waals surface area contributed by atoms with Gasteiger partial charge in [0.2, 0.25) is 0 Å². The number of urea groups is 1. The first-order valence-corrected chi connectivity index (χ1v) is 11.6. The van der Waals surface area contributed by atoms with Gasteiger partial charge in [0.25, 0.3) is 0 Å². The molecule has 1 fully saturated rings. The maximum absolute atomic E-state index is 12.7. The normalized spacial score (nSPS) is 17.8. The Labute approximate surface area is 179 Å². The molecule has 2 aliphatic heterocycles. The molecule has 2 amide bonds. The average molecular weight is 439 g/mol. The van der Waals surface area contributed by atoms with Crippen molar-refractivity contribution in [2.75, 3.05) is 12.3 Å². The second-order valence-corrected chi connectivity index (χ2v) is 9.63. The molecule has 1 aromatic heterocycles. The molecule has 9 nitrogen and oxygen atoms in total. The molecule has 1 unspecified atom stereocenters. The molecular weight excluding hydrogens is 418 g/mol. The number of sulfone groups is 1. The third kappa shape index (κ3) is 3.79. The van der Waals surface area contributed by atoms with Gasteiger partial charge in [0.15, 0.2) is 9.84 Å². The van der Waals surface area contributed by atoms with Gasteiger partial charge in [-0.25, -0.2) is 13.2 Å². The van der Waals surface area contributed by atoms with Crippen molar-refractivity contribution >= 4 is 15.9 Å². The van der Waals surface area contributed by atoms with Gasteiger partial charge in [-0.15, -0.1) is 0 Å². The number of amides is 2. The smallest absolute Gasteiger partial charge is 0.314 e. The van der Waals surface area contributed by atoms with Crippen LogP contribution in [0.1, 0.15) is 23.0 Å². The molecular formula is C21H21N5O4S. The van der Waals surface area contributed by atoms with Crippen LogP contribution in [-0.4, -0.2) is 51.7 Å². The zero-order chi connectivity index (χ0) is 21.4. The first kappa shape index (κ1) is 19.7. The molecule has 0 radical (unpaired) electrons. The van der Waals surface area contributed by atoms with Gasteiger partial charge >= 0.3 is 6.03 Å². The summed E-state index contributed by atoms with van der Waals surface area (Å²) in [6.45, 7) is 1.22. The Hall–Kier alpha value is -3.24. The molecule has 2 aliphatic rings. The average Bonchev–Trinajstić information content (AvgIpc) is 3.32. The Balaban J connectivity index is 1.30. The first-order chi connectivity index (χ1) is 15.0. The van der Waals surface area contributed by atoms with E-state index in [9.17, 15) is 13.2 Å². The Morgan fingerprint density at radius 3 is 2.45 bits per heavy atom. The number of carbonyl (C=O) groups excluding carboxylic acids is 1. The summed E-state index contributed by atoms with van der Waals surface area (Å²) >= 11 is 0. The molecule has 10 heteroatoms. The standard InChI is InChI=1S/C21H21N5O4S/c27-21-24-13-18-20(19(14-24)26(21)30-15-16-7-3-1-4-8-16)23-25(22-18)11-12-31(28,29)17-9-5-2-6-10-17/h1-10,19H,11-15H2. The van der Waals surface area contributed by atoms with E-state index in [2.05, 4.69) is 10.2 Å². The van der Waals surface area contributed by atoms with Crippen molar-refractivity contribution in [3.8, 4) is 0 Å². The van der Waals surface area contributed by atoms with Crippen LogP contribution in [0.2, 0.25) is 0 Å². The zero-order valence-electron chi connectivity index (χ0n) is 16.7. The molecule has 2 bridgehead atoms. The Bertz CT molecular complexity index is 1200. The monoisotopic (exact) mass is 439 g/mol. The molecule has 1 saturated heterocycles. The van der Waals surface area contributed by atoms with Crippen molar-refractivity contribution in [3.05, 3.63) is 77.6 Å². The second-order valence-electron chi connectivity index (χ2n) is 7.52. The van der Waals surface area contributed by atoms with E-state index in [0.717, 1.165) is 5.56 Å². The van der Waals surface area contributed by atoms with Gasteiger partial charge in [0.05, 0.1) is 30.3 Å². The van der Waals surface area contributed by atoms with Crippen LogP contribution < -0.4 is 0 Å². The summed E-state index contributed by atoms with van der Waals surface area (Å²) in [5.41, 5.74) is 2.29. The highest BCUT2D eigenvalue weighted by molar-refractivity contribution is 7.91. The van der Waals surface area contributed by atoms with E-state index >= 15 is 0 Å².